The minimum atomic E-state index is -1.27. The predicted octanol–water partition coefficient (Wildman–Crippen LogP) is 1.58. The molecule has 2 heterocycles. The van der Waals surface area contributed by atoms with Gasteiger partial charge in [-0.25, -0.2) is 19.7 Å². The molecular formula is C11H7BrN4O3. The minimum Gasteiger partial charge on any atom is -0.476 e. The molecule has 0 saturated heterocycles. The van der Waals surface area contributed by atoms with Crippen LogP contribution >= 0.6 is 15.9 Å². The van der Waals surface area contributed by atoms with E-state index in [0.29, 0.717) is 4.60 Å². The first kappa shape index (κ1) is 13.1. The maximum atomic E-state index is 11.9. The summed E-state index contributed by atoms with van der Waals surface area (Å²) < 4.78 is 0.592. The van der Waals surface area contributed by atoms with Crippen LogP contribution in [-0.2, 0) is 0 Å². The number of carboxylic acid groups (broad SMARTS) is 1. The summed E-state index contributed by atoms with van der Waals surface area (Å²) in [6, 6.07) is 3.15. The molecule has 2 aromatic heterocycles. The second kappa shape index (κ2) is 5.53. The molecule has 0 atom stereocenters. The summed E-state index contributed by atoms with van der Waals surface area (Å²) in [5.41, 5.74) is -0.0360. The molecule has 2 aromatic rings. The molecule has 2 rings (SSSR count). The van der Waals surface area contributed by atoms with Crippen molar-refractivity contribution in [3.8, 4) is 0 Å². The Bertz CT molecular complexity index is 630. The SMILES string of the molecule is O=C(Nc1nccnc1C(=O)O)c1ccc(Br)nc1. The van der Waals surface area contributed by atoms with Crippen LogP contribution in [-0.4, -0.2) is 31.9 Å². The molecule has 0 aromatic carbocycles. The summed E-state index contributed by atoms with van der Waals surface area (Å²) in [4.78, 5) is 34.1. The fourth-order valence-electron chi connectivity index (χ4n) is 1.28. The third-order valence-corrected chi connectivity index (χ3v) is 2.59. The number of hydrogen-bond donors (Lipinski definition) is 2. The van der Waals surface area contributed by atoms with Crippen LogP contribution in [0.4, 0.5) is 5.82 Å². The molecule has 7 nitrogen and oxygen atoms in total. The highest BCUT2D eigenvalue weighted by Crippen LogP contribution is 2.11. The average Bonchev–Trinajstić information content (AvgIpc) is 2.39. The zero-order valence-electron chi connectivity index (χ0n) is 9.37. The molecule has 0 unspecified atom stereocenters. The van der Waals surface area contributed by atoms with E-state index in [1.807, 2.05) is 0 Å². The highest BCUT2D eigenvalue weighted by atomic mass is 79.9. The van der Waals surface area contributed by atoms with Gasteiger partial charge in [-0.1, -0.05) is 0 Å². The fourth-order valence-corrected chi connectivity index (χ4v) is 1.51. The largest absolute Gasteiger partial charge is 0.476 e. The lowest BCUT2D eigenvalue weighted by Crippen LogP contribution is -2.17. The number of aromatic nitrogens is 3. The molecule has 0 radical (unpaired) electrons. The van der Waals surface area contributed by atoms with Crippen molar-refractivity contribution < 1.29 is 14.7 Å². The fraction of sp³-hybridized carbons (Fsp3) is 0. The Morgan fingerprint density at radius 3 is 2.53 bits per heavy atom. The highest BCUT2D eigenvalue weighted by Gasteiger charge is 2.15. The Kier molecular flexibility index (Phi) is 3.81. The highest BCUT2D eigenvalue weighted by molar-refractivity contribution is 9.10. The van der Waals surface area contributed by atoms with Crippen molar-refractivity contribution in [2.24, 2.45) is 0 Å². The number of hydrogen-bond acceptors (Lipinski definition) is 5. The second-order valence-corrected chi connectivity index (χ2v) is 4.19. The van der Waals surface area contributed by atoms with Gasteiger partial charge in [0.1, 0.15) is 4.60 Å². The van der Waals surface area contributed by atoms with Gasteiger partial charge >= 0.3 is 5.97 Å². The smallest absolute Gasteiger partial charge is 0.358 e. The molecule has 0 fully saturated rings. The molecule has 0 bridgehead atoms. The standard InChI is InChI=1S/C11H7BrN4O3/c12-7-2-1-6(5-15-7)10(17)16-9-8(11(18)19)13-3-4-14-9/h1-5H,(H,18,19)(H,14,16,17). The summed E-state index contributed by atoms with van der Waals surface area (Å²) in [6.45, 7) is 0. The van der Waals surface area contributed by atoms with Crippen LogP contribution in [0.25, 0.3) is 0 Å². The van der Waals surface area contributed by atoms with Gasteiger partial charge in [0, 0.05) is 18.6 Å². The number of nitrogens with one attached hydrogen (secondary N) is 1. The molecule has 0 spiro atoms. The van der Waals surface area contributed by atoms with E-state index in [4.69, 9.17) is 5.11 Å². The molecule has 19 heavy (non-hydrogen) atoms. The van der Waals surface area contributed by atoms with Crippen molar-refractivity contribution in [2.45, 2.75) is 0 Å². The van der Waals surface area contributed by atoms with Gasteiger partial charge in [-0.05, 0) is 28.1 Å². The molecule has 0 aliphatic carbocycles. The number of amides is 1. The van der Waals surface area contributed by atoms with E-state index >= 15 is 0 Å². The van der Waals surface area contributed by atoms with Crippen molar-refractivity contribution in [2.75, 3.05) is 5.32 Å². The van der Waals surface area contributed by atoms with Crippen LogP contribution in [0.3, 0.4) is 0 Å². The van der Waals surface area contributed by atoms with Crippen LogP contribution in [0.2, 0.25) is 0 Å². The molecule has 8 heteroatoms. The summed E-state index contributed by atoms with van der Waals surface area (Å²) >= 11 is 3.15. The Hall–Kier alpha value is -2.35. The van der Waals surface area contributed by atoms with Gasteiger partial charge in [-0.2, -0.15) is 0 Å². The summed E-state index contributed by atoms with van der Waals surface area (Å²) in [5, 5.41) is 11.3. The van der Waals surface area contributed by atoms with Crippen molar-refractivity contribution >= 4 is 33.6 Å². The molecule has 1 amide bonds. The van der Waals surface area contributed by atoms with E-state index < -0.39 is 11.9 Å². The van der Waals surface area contributed by atoms with E-state index in [2.05, 4.69) is 36.2 Å². The summed E-state index contributed by atoms with van der Waals surface area (Å²) in [7, 11) is 0. The number of anilines is 1. The van der Waals surface area contributed by atoms with Gasteiger partial charge in [0.2, 0.25) is 0 Å². The monoisotopic (exact) mass is 322 g/mol. The van der Waals surface area contributed by atoms with E-state index in [-0.39, 0.29) is 17.1 Å². The number of nitrogens with zero attached hydrogens (tertiary/aromatic N) is 3. The lowest BCUT2D eigenvalue weighted by molar-refractivity contribution is 0.0691. The third-order valence-electron chi connectivity index (χ3n) is 2.12. The number of aromatic carboxylic acids is 1. The van der Waals surface area contributed by atoms with Crippen LogP contribution < -0.4 is 5.32 Å². The van der Waals surface area contributed by atoms with Crippen molar-refractivity contribution in [1.82, 2.24) is 15.0 Å². The van der Waals surface area contributed by atoms with Crippen molar-refractivity contribution in [3.05, 3.63) is 46.6 Å². The van der Waals surface area contributed by atoms with E-state index in [1.54, 1.807) is 12.1 Å². The first-order valence-electron chi connectivity index (χ1n) is 5.05. The van der Waals surface area contributed by atoms with Crippen LogP contribution in [0.1, 0.15) is 20.8 Å². The van der Waals surface area contributed by atoms with E-state index in [9.17, 15) is 9.59 Å². The van der Waals surface area contributed by atoms with Gasteiger partial charge < -0.3 is 10.4 Å². The summed E-state index contributed by atoms with van der Waals surface area (Å²) in [5.74, 6) is -1.89. The van der Waals surface area contributed by atoms with Crippen LogP contribution in [0.15, 0.2) is 35.3 Å². The quantitative estimate of drug-likeness (QED) is 0.831. The Morgan fingerprint density at radius 2 is 1.89 bits per heavy atom. The number of halogens is 1. The molecule has 96 valence electrons. The molecule has 0 aliphatic rings. The zero-order chi connectivity index (χ0) is 13.8. The topological polar surface area (TPSA) is 105 Å². The Labute approximate surface area is 115 Å². The maximum Gasteiger partial charge on any atom is 0.358 e. The predicted molar refractivity (Wildman–Crippen MR) is 68.9 cm³/mol. The molecule has 0 saturated carbocycles. The van der Waals surface area contributed by atoms with Gasteiger partial charge in [-0.3, -0.25) is 4.79 Å². The van der Waals surface area contributed by atoms with Gasteiger partial charge in [0.15, 0.2) is 11.5 Å². The molecular weight excluding hydrogens is 316 g/mol. The zero-order valence-corrected chi connectivity index (χ0v) is 11.0. The number of pyridine rings is 1. The number of rotatable bonds is 3. The summed E-state index contributed by atoms with van der Waals surface area (Å²) in [6.07, 6.45) is 3.89. The Morgan fingerprint density at radius 1 is 1.16 bits per heavy atom. The lowest BCUT2D eigenvalue weighted by Gasteiger charge is -2.05. The van der Waals surface area contributed by atoms with Gasteiger partial charge in [0.25, 0.3) is 5.91 Å². The normalized spacial score (nSPS) is 9.95. The van der Waals surface area contributed by atoms with Gasteiger partial charge in [-0.15, -0.1) is 0 Å². The first-order chi connectivity index (χ1) is 9.08. The first-order valence-corrected chi connectivity index (χ1v) is 5.84. The average molecular weight is 323 g/mol. The van der Waals surface area contributed by atoms with E-state index in [1.165, 1.54) is 18.6 Å². The van der Waals surface area contributed by atoms with Crippen molar-refractivity contribution in [3.63, 3.8) is 0 Å². The van der Waals surface area contributed by atoms with Crippen LogP contribution in [0, 0.1) is 0 Å². The number of carbonyl (C=O) groups is 2. The number of carboxylic acids is 1. The number of carbonyl (C=O) groups excluding carboxylic acids is 1. The lowest BCUT2D eigenvalue weighted by atomic mass is 10.2. The maximum absolute atomic E-state index is 11.9. The van der Waals surface area contributed by atoms with Gasteiger partial charge in [0.05, 0.1) is 5.56 Å². The second-order valence-electron chi connectivity index (χ2n) is 3.38. The van der Waals surface area contributed by atoms with Crippen LogP contribution in [0.5, 0.6) is 0 Å². The Balaban J connectivity index is 2.24. The third kappa shape index (κ3) is 3.10. The minimum absolute atomic E-state index is 0.108. The van der Waals surface area contributed by atoms with E-state index in [0.717, 1.165) is 0 Å². The molecule has 0 aliphatic heterocycles. The van der Waals surface area contributed by atoms with Crippen molar-refractivity contribution in [1.29, 1.82) is 0 Å². The molecule has 2 N–H and O–H groups in total.